The van der Waals surface area contributed by atoms with Crippen molar-refractivity contribution in [3.8, 4) is 0 Å². The number of aliphatic hydroxyl groups excluding tert-OH is 7. The monoisotopic (exact) mass is 918 g/mol. The molecule has 1 amide bonds. The first-order valence-electron chi connectivity index (χ1n) is 25.0. The van der Waals surface area contributed by atoms with Gasteiger partial charge >= 0.3 is 7.82 Å². The Morgan fingerprint density at radius 2 is 0.937 bits per heavy atom. The highest BCUT2D eigenvalue weighted by Gasteiger charge is 2.51. The average Bonchev–Trinajstić information content (AvgIpc) is 3.26. The topological polar surface area (TPSA) is 226 Å². The molecule has 1 fully saturated rings. The van der Waals surface area contributed by atoms with E-state index in [4.69, 9.17) is 9.05 Å². The lowest BCUT2D eigenvalue weighted by Crippen LogP contribution is -2.64. The Kier molecular flexibility index (Phi) is 36.5. The molecule has 0 bridgehead atoms. The quantitative estimate of drug-likeness (QED) is 0.0159. The van der Waals surface area contributed by atoms with Gasteiger partial charge in [-0.3, -0.25) is 13.8 Å². The highest BCUT2D eigenvalue weighted by Crippen LogP contribution is 2.47. The minimum absolute atomic E-state index is 0.253. The largest absolute Gasteiger partial charge is 0.472 e. The number of carbonyl (C=O) groups excluding carboxylic acids is 1. The van der Waals surface area contributed by atoms with Crippen LogP contribution < -0.4 is 5.32 Å². The van der Waals surface area contributed by atoms with E-state index in [1.165, 1.54) is 128 Å². The lowest BCUT2D eigenvalue weighted by atomic mass is 9.85. The van der Waals surface area contributed by atoms with Crippen LogP contribution in [0.3, 0.4) is 0 Å². The molecule has 13 nitrogen and oxygen atoms in total. The van der Waals surface area contributed by atoms with Gasteiger partial charge in [0.05, 0.1) is 31.3 Å². The third-order valence-corrected chi connectivity index (χ3v) is 12.9. The van der Waals surface area contributed by atoms with Gasteiger partial charge in [-0.1, -0.05) is 192 Å². The SMILES string of the molecule is CCCCC/C=C/CC/C=C/CC/C=C/C(O)C(COP(=O)(O)OC1C(O)C(O)C(O)C(O)C1O)NC(=O)CC(O)CCCCCCCCCCCCCCCCCCCCCC. The minimum atomic E-state index is -5.15. The summed E-state index contributed by atoms with van der Waals surface area (Å²) < 4.78 is 22.9. The molecule has 0 radical (unpaired) electrons. The van der Waals surface area contributed by atoms with Gasteiger partial charge in [-0.25, -0.2) is 4.57 Å². The third kappa shape index (κ3) is 30.4. The van der Waals surface area contributed by atoms with Crippen LogP contribution in [-0.2, 0) is 18.4 Å². The Balaban J connectivity index is 2.47. The number of unbranched alkanes of at least 4 members (excludes halogenated alkanes) is 24. The van der Waals surface area contributed by atoms with Crippen molar-refractivity contribution >= 4 is 13.7 Å². The second-order valence-electron chi connectivity index (χ2n) is 17.8. The molecule has 370 valence electrons. The molecule has 14 heteroatoms. The summed E-state index contributed by atoms with van der Waals surface area (Å²) in [6.45, 7) is 3.70. The molecule has 0 spiro atoms. The van der Waals surface area contributed by atoms with Gasteiger partial charge < -0.3 is 46.0 Å². The molecule has 1 saturated carbocycles. The molecule has 8 atom stereocenters. The van der Waals surface area contributed by atoms with E-state index in [1.54, 1.807) is 6.08 Å². The fourth-order valence-corrected chi connectivity index (χ4v) is 8.83. The molecular weight excluding hydrogens is 826 g/mol. The maximum atomic E-state index is 13.0. The highest BCUT2D eigenvalue weighted by atomic mass is 31.2. The Bertz CT molecular complexity index is 1220. The summed E-state index contributed by atoms with van der Waals surface area (Å²) in [5, 5.41) is 74.5. The number of hydrogen-bond acceptors (Lipinski definition) is 11. The second-order valence-corrected chi connectivity index (χ2v) is 19.2. The molecule has 9 N–H and O–H groups in total. The molecule has 1 rings (SSSR count). The van der Waals surface area contributed by atoms with Crippen LogP contribution in [0.1, 0.15) is 206 Å². The van der Waals surface area contributed by atoms with E-state index < -0.39 is 75.2 Å². The lowest BCUT2D eigenvalue weighted by Gasteiger charge is -2.41. The Morgan fingerprint density at radius 1 is 0.556 bits per heavy atom. The van der Waals surface area contributed by atoms with E-state index in [9.17, 15) is 50.0 Å². The molecular formula is C49H92NO12P. The number of rotatable bonds is 41. The van der Waals surface area contributed by atoms with Crippen molar-refractivity contribution < 1.29 is 59.0 Å². The Hall–Kier alpha value is -1.48. The molecule has 0 saturated heterocycles. The summed E-state index contributed by atoms with van der Waals surface area (Å²) in [6.07, 6.45) is 31.0. The standard InChI is InChI=1S/C49H92NO12P/c1-3-5-7-9-11-13-15-17-18-19-20-21-22-23-25-26-28-30-32-34-36-40(51)38-43(53)50-41(42(52)37-35-33-31-29-27-24-16-14-12-10-8-6-4-2)39-61-63(59,60)62-49-47(57)45(55)44(54)46(56)48(49)58/h12,14,27,29,35,37,40-42,44-49,51-52,54-58H,3-11,13,15-26,28,30-34,36,38-39H2,1-2H3,(H,50,53)(H,59,60)/b14-12+,29-27+,37-35+. The van der Waals surface area contributed by atoms with Gasteiger partial charge in [0, 0.05) is 0 Å². The summed E-state index contributed by atoms with van der Waals surface area (Å²) in [5.41, 5.74) is 0. The Morgan fingerprint density at radius 3 is 1.40 bits per heavy atom. The van der Waals surface area contributed by atoms with Crippen LogP contribution in [0.15, 0.2) is 36.5 Å². The first-order chi connectivity index (χ1) is 30.3. The van der Waals surface area contributed by atoms with E-state index in [2.05, 4.69) is 37.4 Å². The van der Waals surface area contributed by atoms with Crippen molar-refractivity contribution in [2.45, 2.75) is 261 Å². The third-order valence-electron chi connectivity index (χ3n) is 12.0. The van der Waals surface area contributed by atoms with Gasteiger partial charge in [0.15, 0.2) is 0 Å². The smallest absolute Gasteiger partial charge is 0.393 e. The average molecular weight is 918 g/mol. The minimum Gasteiger partial charge on any atom is -0.393 e. The molecule has 1 aliphatic rings. The number of carbonyl (C=O) groups is 1. The number of nitrogens with one attached hydrogen (secondary N) is 1. The zero-order valence-electron chi connectivity index (χ0n) is 39.2. The normalized spacial score (nSPS) is 23.1. The molecule has 0 aliphatic heterocycles. The lowest BCUT2D eigenvalue weighted by molar-refractivity contribution is -0.220. The van der Waals surface area contributed by atoms with Crippen LogP contribution in [0, 0.1) is 0 Å². The van der Waals surface area contributed by atoms with Gasteiger partial charge in [0.1, 0.15) is 36.6 Å². The van der Waals surface area contributed by atoms with Gasteiger partial charge in [-0.05, 0) is 44.9 Å². The maximum Gasteiger partial charge on any atom is 0.472 e. The van der Waals surface area contributed by atoms with Crippen LogP contribution in [0.5, 0.6) is 0 Å². The predicted molar refractivity (Wildman–Crippen MR) is 252 cm³/mol. The van der Waals surface area contributed by atoms with E-state index in [1.807, 2.05) is 6.08 Å². The second kappa shape index (κ2) is 38.6. The maximum absolute atomic E-state index is 13.0. The van der Waals surface area contributed by atoms with E-state index in [0.29, 0.717) is 19.3 Å². The summed E-state index contributed by atoms with van der Waals surface area (Å²) in [5.74, 6) is -0.605. The van der Waals surface area contributed by atoms with Gasteiger partial charge in [-0.2, -0.15) is 0 Å². The summed E-state index contributed by atoms with van der Waals surface area (Å²) >= 11 is 0. The summed E-state index contributed by atoms with van der Waals surface area (Å²) in [4.78, 5) is 23.5. The number of hydrogen-bond donors (Lipinski definition) is 9. The zero-order valence-corrected chi connectivity index (χ0v) is 40.1. The number of aliphatic hydroxyl groups is 7. The number of phosphoric ester groups is 1. The van der Waals surface area contributed by atoms with Crippen molar-refractivity contribution in [3.63, 3.8) is 0 Å². The Labute approximate surface area is 381 Å². The fraction of sp³-hybridized carbons (Fsp3) is 0.857. The molecule has 0 aromatic carbocycles. The van der Waals surface area contributed by atoms with E-state index in [-0.39, 0.29) is 6.42 Å². The zero-order chi connectivity index (χ0) is 46.6. The molecule has 0 aromatic rings. The molecule has 0 aromatic heterocycles. The molecule has 1 aliphatic carbocycles. The molecule has 0 heterocycles. The first kappa shape index (κ1) is 59.5. The number of allylic oxidation sites excluding steroid dienone is 5. The predicted octanol–water partition coefficient (Wildman–Crippen LogP) is 8.92. The van der Waals surface area contributed by atoms with Crippen molar-refractivity contribution in [2.24, 2.45) is 0 Å². The first-order valence-corrected chi connectivity index (χ1v) is 26.5. The van der Waals surface area contributed by atoms with Gasteiger partial charge in [0.2, 0.25) is 5.91 Å². The number of phosphoric acid groups is 1. The van der Waals surface area contributed by atoms with Crippen molar-refractivity contribution in [1.29, 1.82) is 0 Å². The molecule has 8 unspecified atom stereocenters. The molecule has 63 heavy (non-hydrogen) atoms. The van der Waals surface area contributed by atoms with Crippen LogP contribution in [0.2, 0.25) is 0 Å². The van der Waals surface area contributed by atoms with E-state index >= 15 is 0 Å². The van der Waals surface area contributed by atoms with Gasteiger partial charge in [-0.15, -0.1) is 0 Å². The summed E-state index contributed by atoms with van der Waals surface area (Å²) in [7, 11) is -5.15. The number of amides is 1. The fourth-order valence-electron chi connectivity index (χ4n) is 7.86. The van der Waals surface area contributed by atoms with Crippen molar-refractivity contribution in [2.75, 3.05) is 6.61 Å². The van der Waals surface area contributed by atoms with Crippen LogP contribution >= 0.6 is 7.82 Å². The van der Waals surface area contributed by atoms with Crippen LogP contribution in [0.25, 0.3) is 0 Å². The highest BCUT2D eigenvalue weighted by molar-refractivity contribution is 7.47. The summed E-state index contributed by atoms with van der Waals surface area (Å²) in [6, 6.07) is -1.26. The van der Waals surface area contributed by atoms with E-state index in [0.717, 1.165) is 44.9 Å². The van der Waals surface area contributed by atoms with Crippen molar-refractivity contribution in [1.82, 2.24) is 5.32 Å². The van der Waals surface area contributed by atoms with Crippen LogP contribution in [0.4, 0.5) is 0 Å². The van der Waals surface area contributed by atoms with Crippen LogP contribution in [-0.4, -0.2) is 108 Å². The van der Waals surface area contributed by atoms with Crippen molar-refractivity contribution in [3.05, 3.63) is 36.5 Å². The van der Waals surface area contributed by atoms with Gasteiger partial charge in [0.25, 0.3) is 0 Å².